The van der Waals surface area contributed by atoms with Gasteiger partial charge in [-0.2, -0.15) is 5.26 Å². The number of anilines is 1. The molecule has 0 aliphatic rings. The summed E-state index contributed by atoms with van der Waals surface area (Å²) < 4.78 is 0. The highest BCUT2D eigenvalue weighted by Crippen LogP contribution is 2.22. The highest BCUT2D eigenvalue weighted by molar-refractivity contribution is 7.14. The first-order valence-corrected chi connectivity index (χ1v) is 7.48. The average molecular weight is 299 g/mol. The van der Waals surface area contributed by atoms with Crippen molar-refractivity contribution in [2.45, 2.75) is 13.5 Å². The van der Waals surface area contributed by atoms with Crippen LogP contribution in [0.1, 0.15) is 16.7 Å². The number of benzene rings is 1. The Hall–Kier alpha value is -2.16. The minimum absolute atomic E-state index is 0.106. The number of aryl methyl sites for hydroxylation is 1. The molecular weight excluding hydrogens is 282 g/mol. The lowest BCUT2D eigenvalue weighted by molar-refractivity contribution is -0.117. The van der Waals surface area contributed by atoms with E-state index >= 15 is 0 Å². The smallest absolute Gasteiger partial charge is 0.239 e. The molecule has 21 heavy (non-hydrogen) atoms. The number of likely N-dealkylation sites (N-methyl/N-ethyl adjacent to an activating group) is 1. The number of nitrogens with zero attached hydrogens (tertiary/aromatic N) is 2. The average Bonchev–Trinajstić information content (AvgIpc) is 2.88. The quantitative estimate of drug-likeness (QED) is 0.923. The molecule has 108 valence electrons. The van der Waals surface area contributed by atoms with Crippen LogP contribution < -0.4 is 5.32 Å². The maximum Gasteiger partial charge on any atom is 0.239 e. The molecule has 1 N–H and O–H groups in total. The second kappa shape index (κ2) is 7.02. The first-order chi connectivity index (χ1) is 10.1. The van der Waals surface area contributed by atoms with Gasteiger partial charge in [-0.15, -0.1) is 11.3 Å². The summed E-state index contributed by atoms with van der Waals surface area (Å²) in [6.45, 7) is 3.07. The van der Waals surface area contributed by atoms with Gasteiger partial charge in [-0.05, 0) is 36.5 Å². The fourth-order valence-corrected chi connectivity index (χ4v) is 2.79. The standard InChI is InChI=1S/C16H17N3OS/c1-12-5-3-4-6-14(12)10-19(2)11-15(20)18-16-13(9-17)7-8-21-16/h3-8H,10-11H2,1-2H3,(H,18,20). The third-order valence-electron chi connectivity index (χ3n) is 3.15. The minimum atomic E-state index is -0.106. The van der Waals surface area contributed by atoms with Crippen LogP contribution in [-0.2, 0) is 11.3 Å². The van der Waals surface area contributed by atoms with Crippen LogP contribution in [0.4, 0.5) is 5.00 Å². The van der Waals surface area contributed by atoms with Gasteiger partial charge in [-0.1, -0.05) is 24.3 Å². The molecule has 1 heterocycles. The molecular formula is C16H17N3OS. The Morgan fingerprint density at radius 3 is 2.86 bits per heavy atom. The lowest BCUT2D eigenvalue weighted by Gasteiger charge is -2.17. The molecule has 0 atom stereocenters. The Bertz CT molecular complexity index is 672. The Labute approximate surface area is 128 Å². The van der Waals surface area contributed by atoms with Crippen molar-refractivity contribution in [3.8, 4) is 6.07 Å². The van der Waals surface area contributed by atoms with E-state index < -0.39 is 0 Å². The van der Waals surface area contributed by atoms with Gasteiger partial charge >= 0.3 is 0 Å². The van der Waals surface area contributed by atoms with E-state index in [1.54, 1.807) is 11.4 Å². The van der Waals surface area contributed by atoms with Crippen molar-refractivity contribution in [3.05, 3.63) is 52.4 Å². The van der Waals surface area contributed by atoms with E-state index in [-0.39, 0.29) is 12.5 Å². The highest BCUT2D eigenvalue weighted by Gasteiger charge is 2.11. The van der Waals surface area contributed by atoms with Crippen LogP contribution >= 0.6 is 11.3 Å². The molecule has 0 saturated carbocycles. The normalized spacial score (nSPS) is 10.4. The second-order valence-corrected chi connectivity index (χ2v) is 5.84. The van der Waals surface area contributed by atoms with Gasteiger partial charge in [0, 0.05) is 6.54 Å². The van der Waals surface area contributed by atoms with Crippen molar-refractivity contribution in [1.82, 2.24) is 4.90 Å². The van der Waals surface area contributed by atoms with Crippen LogP contribution in [0.5, 0.6) is 0 Å². The van der Waals surface area contributed by atoms with Crippen LogP contribution in [0, 0.1) is 18.3 Å². The molecule has 0 bridgehead atoms. The van der Waals surface area contributed by atoms with E-state index in [4.69, 9.17) is 5.26 Å². The van der Waals surface area contributed by atoms with Gasteiger partial charge in [0.2, 0.25) is 5.91 Å². The molecule has 4 nitrogen and oxygen atoms in total. The molecule has 5 heteroatoms. The predicted molar refractivity (Wildman–Crippen MR) is 85.2 cm³/mol. The highest BCUT2D eigenvalue weighted by atomic mass is 32.1. The maximum absolute atomic E-state index is 12.0. The van der Waals surface area contributed by atoms with Crippen molar-refractivity contribution in [1.29, 1.82) is 5.26 Å². The molecule has 0 spiro atoms. The molecule has 2 rings (SSSR count). The van der Waals surface area contributed by atoms with E-state index in [2.05, 4.69) is 30.4 Å². The molecule has 0 fully saturated rings. The van der Waals surface area contributed by atoms with Crippen LogP contribution in [0.3, 0.4) is 0 Å². The van der Waals surface area contributed by atoms with Crippen molar-refractivity contribution in [2.75, 3.05) is 18.9 Å². The summed E-state index contributed by atoms with van der Waals surface area (Å²) in [7, 11) is 1.91. The number of hydrogen-bond donors (Lipinski definition) is 1. The number of hydrogen-bond acceptors (Lipinski definition) is 4. The van der Waals surface area contributed by atoms with Gasteiger partial charge in [0.05, 0.1) is 12.1 Å². The summed E-state index contributed by atoms with van der Waals surface area (Å²) in [5.41, 5.74) is 2.94. The fraction of sp³-hybridized carbons (Fsp3) is 0.250. The van der Waals surface area contributed by atoms with Gasteiger partial charge in [0.25, 0.3) is 0 Å². The van der Waals surface area contributed by atoms with Crippen molar-refractivity contribution in [2.24, 2.45) is 0 Å². The van der Waals surface area contributed by atoms with Gasteiger partial charge in [-0.3, -0.25) is 9.69 Å². The first-order valence-electron chi connectivity index (χ1n) is 6.60. The largest absolute Gasteiger partial charge is 0.315 e. The number of carbonyl (C=O) groups excluding carboxylic acids is 1. The lowest BCUT2D eigenvalue weighted by atomic mass is 10.1. The molecule has 0 saturated heterocycles. The molecule has 1 aromatic carbocycles. The summed E-state index contributed by atoms with van der Waals surface area (Å²) in [6.07, 6.45) is 0. The van der Waals surface area contributed by atoms with Gasteiger partial charge < -0.3 is 5.32 Å². The van der Waals surface area contributed by atoms with Crippen molar-refractivity contribution < 1.29 is 4.79 Å². The van der Waals surface area contributed by atoms with E-state index in [0.29, 0.717) is 10.6 Å². The number of nitrogens with one attached hydrogen (secondary N) is 1. The molecule has 0 aliphatic carbocycles. The van der Waals surface area contributed by atoms with Gasteiger partial charge in [0.1, 0.15) is 11.1 Å². The van der Waals surface area contributed by atoms with E-state index in [0.717, 1.165) is 6.54 Å². The zero-order chi connectivity index (χ0) is 15.2. The Balaban J connectivity index is 1.91. The second-order valence-electron chi connectivity index (χ2n) is 4.92. The third-order valence-corrected chi connectivity index (χ3v) is 3.98. The summed E-state index contributed by atoms with van der Waals surface area (Å²) in [4.78, 5) is 14.0. The topological polar surface area (TPSA) is 56.1 Å². The summed E-state index contributed by atoms with van der Waals surface area (Å²) in [6, 6.07) is 11.9. The van der Waals surface area contributed by atoms with E-state index in [1.165, 1.54) is 22.5 Å². The molecule has 1 amide bonds. The third kappa shape index (κ3) is 4.15. The zero-order valence-corrected chi connectivity index (χ0v) is 12.9. The van der Waals surface area contributed by atoms with Gasteiger partial charge in [-0.25, -0.2) is 0 Å². The molecule has 1 aromatic heterocycles. The first kappa shape index (κ1) is 15.2. The van der Waals surface area contributed by atoms with E-state index in [1.807, 2.05) is 24.1 Å². The zero-order valence-electron chi connectivity index (χ0n) is 12.1. The summed E-state index contributed by atoms with van der Waals surface area (Å²) in [5.74, 6) is -0.106. The minimum Gasteiger partial charge on any atom is -0.315 e. The molecule has 0 aliphatic heterocycles. The maximum atomic E-state index is 12.0. The van der Waals surface area contributed by atoms with Crippen LogP contribution in [0.15, 0.2) is 35.7 Å². The SMILES string of the molecule is Cc1ccccc1CN(C)CC(=O)Nc1sccc1C#N. The predicted octanol–water partition coefficient (Wildman–Crippen LogP) is 3.00. The van der Waals surface area contributed by atoms with E-state index in [9.17, 15) is 4.79 Å². The van der Waals surface area contributed by atoms with Crippen LogP contribution in [0.2, 0.25) is 0 Å². The summed E-state index contributed by atoms with van der Waals surface area (Å²) in [5, 5.41) is 14.1. The number of carbonyl (C=O) groups is 1. The molecule has 0 unspecified atom stereocenters. The number of nitriles is 1. The van der Waals surface area contributed by atoms with Crippen LogP contribution in [-0.4, -0.2) is 24.4 Å². The number of rotatable bonds is 5. The number of amides is 1. The molecule has 2 aromatic rings. The van der Waals surface area contributed by atoms with Crippen LogP contribution in [0.25, 0.3) is 0 Å². The Morgan fingerprint density at radius 1 is 1.38 bits per heavy atom. The van der Waals surface area contributed by atoms with Gasteiger partial charge in [0.15, 0.2) is 0 Å². The Kier molecular flexibility index (Phi) is 5.09. The lowest BCUT2D eigenvalue weighted by Crippen LogP contribution is -2.30. The number of thiophene rings is 1. The van der Waals surface area contributed by atoms with Crippen molar-refractivity contribution in [3.63, 3.8) is 0 Å². The van der Waals surface area contributed by atoms with Crippen molar-refractivity contribution >= 4 is 22.2 Å². The summed E-state index contributed by atoms with van der Waals surface area (Å²) >= 11 is 1.36. The fourth-order valence-electron chi connectivity index (χ4n) is 2.04. The monoisotopic (exact) mass is 299 g/mol. The molecule has 0 radical (unpaired) electrons. The Morgan fingerprint density at radius 2 is 2.14 bits per heavy atom.